The van der Waals surface area contributed by atoms with Crippen LogP contribution in [0.15, 0.2) is 0 Å². The highest BCUT2D eigenvalue weighted by Gasteiger charge is 2.00. The highest BCUT2D eigenvalue weighted by molar-refractivity contribution is 4.97. The number of hydrogen-bond donors (Lipinski definition) is 2. The molecule has 0 aliphatic carbocycles. The third-order valence-corrected chi connectivity index (χ3v) is 2.50. The van der Waals surface area contributed by atoms with Crippen LogP contribution in [0.5, 0.6) is 0 Å². The lowest BCUT2D eigenvalue weighted by Gasteiger charge is -2.07. The van der Waals surface area contributed by atoms with E-state index < -0.39 is 0 Å². The molecule has 0 radical (unpaired) electrons. The summed E-state index contributed by atoms with van der Waals surface area (Å²) >= 11 is 0. The number of nitrogens with one attached hydrogen (secondary N) is 1. The van der Waals surface area contributed by atoms with Crippen LogP contribution >= 0.6 is 0 Å². The molecular formula is C12H24N2. The number of nitrogens with two attached hydrogens (primary N) is 1. The van der Waals surface area contributed by atoms with Crippen molar-refractivity contribution in [2.45, 2.75) is 64.3 Å². The van der Waals surface area contributed by atoms with Gasteiger partial charge in [-0.05, 0) is 6.42 Å². The lowest BCUT2D eigenvalue weighted by Crippen LogP contribution is -2.33. The fourth-order valence-electron chi connectivity index (χ4n) is 1.52. The van der Waals surface area contributed by atoms with Crippen molar-refractivity contribution in [3.63, 3.8) is 0 Å². The summed E-state index contributed by atoms with van der Waals surface area (Å²) in [5.74, 6) is 7.90. The first kappa shape index (κ1) is 13.5. The SMILES string of the molecule is C#CC(CCCCCCCCC)NN. The minimum atomic E-state index is 0.0608. The van der Waals surface area contributed by atoms with Crippen molar-refractivity contribution < 1.29 is 0 Å². The fourth-order valence-corrected chi connectivity index (χ4v) is 1.52. The van der Waals surface area contributed by atoms with Gasteiger partial charge in [0, 0.05) is 0 Å². The van der Waals surface area contributed by atoms with Crippen molar-refractivity contribution in [3.8, 4) is 12.3 Å². The number of unbranched alkanes of at least 4 members (excludes halogenated alkanes) is 6. The molecule has 0 aliphatic heterocycles. The molecule has 0 spiro atoms. The Morgan fingerprint density at radius 2 is 1.71 bits per heavy atom. The molecule has 1 atom stereocenters. The Hall–Kier alpha value is -0.520. The number of hydrazine groups is 1. The molecule has 0 bridgehead atoms. The van der Waals surface area contributed by atoms with Gasteiger partial charge in [-0.25, -0.2) is 5.43 Å². The number of terminal acetylenes is 1. The molecule has 0 saturated heterocycles. The van der Waals surface area contributed by atoms with Crippen molar-refractivity contribution in [2.75, 3.05) is 0 Å². The average molecular weight is 196 g/mol. The first-order valence-corrected chi connectivity index (χ1v) is 5.77. The standard InChI is InChI=1S/C12H24N2/c1-3-5-6-7-8-9-10-11-12(4-2)14-13/h2,12,14H,3,5-11,13H2,1H3. The summed E-state index contributed by atoms with van der Waals surface area (Å²) in [4.78, 5) is 0. The van der Waals surface area contributed by atoms with Crippen molar-refractivity contribution >= 4 is 0 Å². The van der Waals surface area contributed by atoms with Gasteiger partial charge in [-0.1, -0.05) is 57.8 Å². The molecule has 2 nitrogen and oxygen atoms in total. The van der Waals surface area contributed by atoms with E-state index in [0.717, 1.165) is 6.42 Å². The van der Waals surface area contributed by atoms with E-state index in [1.807, 2.05) is 0 Å². The Morgan fingerprint density at radius 1 is 1.14 bits per heavy atom. The monoisotopic (exact) mass is 196 g/mol. The van der Waals surface area contributed by atoms with E-state index in [1.54, 1.807) is 0 Å². The molecule has 82 valence electrons. The average Bonchev–Trinajstić information content (AvgIpc) is 2.22. The first-order valence-electron chi connectivity index (χ1n) is 5.77. The van der Waals surface area contributed by atoms with Gasteiger partial charge >= 0.3 is 0 Å². The molecule has 0 fully saturated rings. The molecule has 14 heavy (non-hydrogen) atoms. The minimum Gasteiger partial charge on any atom is -0.270 e. The maximum atomic E-state index is 5.27. The van der Waals surface area contributed by atoms with Crippen molar-refractivity contribution in [3.05, 3.63) is 0 Å². The molecular weight excluding hydrogens is 172 g/mol. The smallest absolute Gasteiger partial charge is 0.0814 e. The number of hydrogen-bond acceptors (Lipinski definition) is 2. The molecule has 1 unspecified atom stereocenters. The lowest BCUT2D eigenvalue weighted by atomic mass is 10.1. The van der Waals surface area contributed by atoms with E-state index in [0.29, 0.717) is 0 Å². The molecule has 0 aliphatic rings. The molecule has 0 heterocycles. The van der Waals surface area contributed by atoms with Crippen LogP contribution in [0, 0.1) is 12.3 Å². The third kappa shape index (κ3) is 8.10. The van der Waals surface area contributed by atoms with Gasteiger partial charge in [0.25, 0.3) is 0 Å². The van der Waals surface area contributed by atoms with E-state index >= 15 is 0 Å². The quantitative estimate of drug-likeness (QED) is 0.257. The van der Waals surface area contributed by atoms with Crippen LogP contribution in [0.4, 0.5) is 0 Å². The summed E-state index contributed by atoms with van der Waals surface area (Å²) in [5, 5.41) is 0. The molecule has 0 aromatic heterocycles. The second-order valence-corrected chi connectivity index (χ2v) is 3.80. The van der Waals surface area contributed by atoms with Crippen LogP contribution in [-0.4, -0.2) is 6.04 Å². The van der Waals surface area contributed by atoms with Gasteiger partial charge in [0.2, 0.25) is 0 Å². The third-order valence-electron chi connectivity index (χ3n) is 2.50. The fraction of sp³-hybridized carbons (Fsp3) is 0.833. The highest BCUT2D eigenvalue weighted by atomic mass is 15.2. The summed E-state index contributed by atoms with van der Waals surface area (Å²) in [7, 11) is 0. The summed E-state index contributed by atoms with van der Waals surface area (Å²) in [6.07, 6.45) is 15.5. The van der Waals surface area contributed by atoms with E-state index in [1.165, 1.54) is 44.9 Å². The zero-order chi connectivity index (χ0) is 10.6. The van der Waals surface area contributed by atoms with Gasteiger partial charge in [-0.3, -0.25) is 5.84 Å². The summed E-state index contributed by atoms with van der Waals surface area (Å²) in [5.41, 5.74) is 2.63. The first-order chi connectivity index (χ1) is 6.85. The van der Waals surface area contributed by atoms with Crippen LogP contribution < -0.4 is 11.3 Å². The van der Waals surface area contributed by atoms with Gasteiger partial charge in [-0.2, -0.15) is 0 Å². The molecule has 0 aromatic carbocycles. The Labute approximate surface area is 88.6 Å². The van der Waals surface area contributed by atoms with Gasteiger partial charge in [0.1, 0.15) is 0 Å². The Kier molecular flexibility index (Phi) is 10.2. The summed E-state index contributed by atoms with van der Waals surface area (Å²) in [6.45, 7) is 2.24. The molecule has 0 rings (SSSR count). The molecule has 0 amide bonds. The van der Waals surface area contributed by atoms with E-state index in [2.05, 4.69) is 18.3 Å². The highest BCUT2D eigenvalue weighted by Crippen LogP contribution is 2.09. The van der Waals surface area contributed by atoms with Gasteiger partial charge in [0.15, 0.2) is 0 Å². The van der Waals surface area contributed by atoms with E-state index in [9.17, 15) is 0 Å². The molecule has 0 saturated carbocycles. The van der Waals surface area contributed by atoms with Gasteiger partial charge in [0.05, 0.1) is 6.04 Å². The van der Waals surface area contributed by atoms with Crippen molar-refractivity contribution in [2.24, 2.45) is 5.84 Å². The second kappa shape index (κ2) is 10.6. The van der Waals surface area contributed by atoms with Crippen LogP contribution in [0.3, 0.4) is 0 Å². The maximum absolute atomic E-state index is 5.27. The maximum Gasteiger partial charge on any atom is 0.0814 e. The molecule has 3 N–H and O–H groups in total. The van der Waals surface area contributed by atoms with Crippen molar-refractivity contribution in [1.82, 2.24) is 5.43 Å². The Morgan fingerprint density at radius 3 is 2.21 bits per heavy atom. The van der Waals surface area contributed by atoms with Crippen LogP contribution in [0.1, 0.15) is 58.3 Å². The Bertz CT molecular complexity index is 149. The number of rotatable bonds is 9. The topological polar surface area (TPSA) is 38.0 Å². The minimum absolute atomic E-state index is 0.0608. The summed E-state index contributed by atoms with van der Waals surface area (Å²) < 4.78 is 0. The van der Waals surface area contributed by atoms with Crippen LogP contribution in [0.25, 0.3) is 0 Å². The van der Waals surface area contributed by atoms with E-state index in [-0.39, 0.29) is 6.04 Å². The Balaban J connectivity index is 3.09. The zero-order valence-corrected chi connectivity index (χ0v) is 9.39. The zero-order valence-electron chi connectivity index (χ0n) is 9.39. The van der Waals surface area contributed by atoms with Gasteiger partial charge < -0.3 is 0 Å². The van der Waals surface area contributed by atoms with Crippen LogP contribution in [0.2, 0.25) is 0 Å². The lowest BCUT2D eigenvalue weighted by molar-refractivity contribution is 0.525. The second-order valence-electron chi connectivity index (χ2n) is 3.80. The van der Waals surface area contributed by atoms with Gasteiger partial charge in [-0.15, -0.1) is 6.42 Å². The summed E-state index contributed by atoms with van der Waals surface area (Å²) in [6, 6.07) is 0.0608. The molecule has 2 heteroatoms. The normalized spacial score (nSPS) is 12.4. The largest absolute Gasteiger partial charge is 0.270 e. The predicted molar refractivity (Wildman–Crippen MR) is 62.6 cm³/mol. The predicted octanol–water partition coefficient (Wildman–Crippen LogP) is 2.59. The van der Waals surface area contributed by atoms with Crippen molar-refractivity contribution in [1.29, 1.82) is 0 Å². The van der Waals surface area contributed by atoms with Crippen LogP contribution in [-0.2, 0) is 0 Å². The van der Waals surface area contributed by atoms with E-state index in [4.69, 9.17) is 12.3 Å². The molecule has 0 aromatic rings.